The van der Waals surface area contributed by atoms with Gasteiger partial charge in [0.05, 0.1) is 0 Å². The van der Waals surface area contributed by atoms with Crippen LogP contribution in [0.3, 0.4) is 0 Å². The normalized spacial score (nSPS) is 12.6. The molecule has 2 nitrogen and oxygen atoms in total. The van der Waals surface area contributed by atoms with Gasteiger partial charge in [0.2, 0.25) is 0 Å². The van der Waals surface area contributed by atoms with Gasteiger partial charge < -0.3 is 5.32 Å². The number of thiophene rings is 1. The van der Waals surface area contributed by atoms with Crippen molar-refractivity contribution in [2.75, 3.05) is 6.54 Å². The lowest BCUT2D eigenvalue weighted by Crippen LogP contribution is -2.24. The third kappa shape index (κ3) is 4.13. The fraction of sp³-hybridized carbons (Fsp3) is 0.400. The van der Waals surface area contributed by atoms with E-state index in [1.165, 1.54) is 20.5 Å². The van der Waals surface area contributed by atoms with Crippen molar-refractivity contribution >= 4 is 27.3 Å². The molecule has 1 atom stereocenters. The molecule has 2 aromatic rings. The van der Waals surface area contributed by atoms with E-state index >= 15 is 0 Å². The monoisotopic (exact) mass is 338 g/mol. The largest absolute Gasteiger partial charge is 0.310 e. The summed E-state index contributed by atoms with van der Waals surface area (Å²) >= 11 is 5.33. The van der Waals surface area contributed by atoms with Gasteiger partial charge in [0.1, 0.15) is 0 Å². The Morgan fingerprint density at radius 3 is 2.95 bits per heavy atom. The molecule has 0 fully saturated rings. The van der Waals surface area contributed by atoms with Crippen LogP contribution in [-0.4, -0.2) is 11.5 Å². The van der Waals surface area contributed by atoms with Gasteiger partial charge in [-0.3, -0.25) is 4.98 Å². The molecule has 0 aliphatic heterocycles. The molecule has 0 saturated heterocycles. The van der Waals surface area contributed by atoms with E-state index in [2.05, 4.69) is 57.6 Å². The summed E-state index contributed by atoms with van der Waals surface area (Å²) in [7, 11) is 0. The minimum Gasteiger partial charge on any atom is -0.310 e. The Labute approximate surface area is 127 Å². The summed E-state index contributed by atoms with van der Waals surface area (Å²) in [6.45, 7) is 5.38. The summed E-state index contributed by atoms with van der Waals surface area (Å²) in [5.74, 6) is 0. The van der Waals surface area contributed by atoms with E-state index in [0.29, 0.717) is 6.04 Å². The maximum absolute atomic E-state index is 4.28. The zero-order chi connectivity index (χ0) is 13.7. The first-order valence-corrected chi connectivity index (χ1v) is 8.24. The molecule has 19 heavy (non-hydrogen) atoms. The average Bonchev–Trinajstić information content (AvgIpc) is 2.81. The van der Waals surface area contributed by atoms with Crippen LogP contribution in [0, 0.1) is 6.92 Å². The third-order valence-electron chi connectivity index (χ3n) is 3.12. The number of nitrogens with zero attached hydrogens (tertiary/aromatic N) is 1. The summed E-state index contributed by atoms with van der Waals surface area (Å²) in [5.41, 5.74) is 2.61. The van der Waals surface area contributed by atoms with Crippen LogP contribution in [0.15, 0.2) is 34.4 Å². The summed E-state index contributed by atoms with van der Waals surface area (Å²) < 4.78 is 1.17. The molecule has 0 bridgehead atoms. The van der Waals surface area contributed by atoms with Crippen molar-refractivity contribution < 1.29 is 0 Å². The molecule has 102 valence electrons. The van der Waals surface area contributed by atoms with E-state index in [4.69, 9.17) is 0 Å². The molecule has 2 aromatic heterocycles. The van der Waals surface area contributed by atoms with E-state index in [-0.39, 0.29) is 0 Å². The van der Waals surface area contributed by atoms with E-state index < -0.39 is 0 Å². The summed E-state index contributed by atoms with van der Waals surface area (Å²) in [6, 6.07) is 4.64. The molecule has 4 heteroatoms. The zero-order valence-electron chi connectivity index (χ0n) is 11.3. The lowest BCUT2D eigenvalue weighted by Gasteiger charge is -2.19. The molecule has 0 amide bonds. The fourth-order valence-electron chi connectivity index (χ4n) is 2.11. The number of rotatable bonds is 6. The molecular formula is C15H19BrN2S. The number of hydrogen-bond acceptors (Lipinski definition) is 3. The van der Waals surface area contributed by atoms with E-state index in [1.807, 2.05) is 12.4 Å². The highest BCUT2D eigenvalue weighted by molar-refractivity contribution is 9.10. The van der Waals surface area contributed by atoms with Crippen LogP contribution >= 0.6 is 27.3 Å². The van der Waals surface area contributed by atoms with Gasteiger partial charge >= 0.3 is 0 Å². The SMILES string of the molecule is CCCNC(Cc1cc(Br)cs1)c1cnccc1C. The molecule has 2 heterocycles. The first-order chi connectivity index (χ1) is 9.20. The van der Waals surface area contributed by atoms with Gasteiger partial charge in [-0.2, -0.15) is 0 Å². The summed E-state index contributed by atoms with van der Waals surface area (Å²) in [5, 5.41) is 5.78. The minimum atomic E-state index is 0.346. The maximum Gasteiger partial charge on any atom is 0.0386 e. The second kappa shape index (κ2) is 7.17. The highest BCUT2D eigenvalue weighted by atomic mass is 79.9. The Balaban J connectivity index is 2.18. The van der Waals surface area contributed by atoms with E-state index in [0.717, 1.165) is 19.4 Å². The first kappa shape index (κ1) is 14.7. The number of aryl methyl sites for hydroxylation is 1. The van der Waals surface area contributed by atoms with Crippen LogP contribution in [0.2, 0.25) is 0 Å². The molecular weight excluding hydrogens is 320 g/mol. The fourth-order valence-corrected chi connectivity index (χ4v) is 3.61. The van der Waals surface area contributed by atoms with E-state index in [1.54, 1.807) is 11.3 Å². The third-order valence-corrected chi connectivity index (χ3v) is 4.84. The predicted molar refractivity (Wildman–Crippen MR) is 85.7 cm³/mol. The van der Waals surface area contributed by atoms with Crippen LogP contribution in [-0.2, 0) is 6.42 Å². The van der Waals surface area contributed by atoms with Crippen molar-refractivity contribution in [3.8, 4) is 0 Å². The Bertz CT molecular complexity index is 524. The number of nitrogens with one attached hydrogen (secondary N) is 1. The van der Waals surface area contributed by atoms with Crippen molar-refractivity contribution in [3.63, 3.8) is 0 Å². The van der Waals surface area contributed by atoms with E-state index in [9.17, 15) is 0 Å². The number of hydrogen-bond donors (Lipinski definition) is 1. The Hall–Kier alpha value is -0.710. The van der Waals surface area contributed by atoms with Crippen molar-refractivity contribution in [1.82, 2.24) is 10.3 Å². The van der Waals surface area contributed by atoms with Crippen molar-refractivity contribution in [3.05, 3.63) is 50.4 Å². The summed E-state index contributed by atoms with van der Waals surface area (Å²) in [4.78, 5) is 5.67. The number of halogens is 1. The predicted octanol–water partition coefficient (Wildman–Crippen LogP) is 4.50. The molecule has 2 rings (SSSR count). The smallest absolute Gasteiger partial charge is 0.0386 e. The lowest BCUT2D eigenvalue weighted by atomic mass is 10.0. The second-order valence-electron chi connectivity index (χ2n) is 4.67. The number of pyridine rings is 1. The lowest BCUT2D eigenvalue weighted by molar-refractivity contribution is 0.528. The average molecular weight is 339 g/mol. The molecule has 0 aromatic carbocycles. The molecule has 1 N–H and O–H groups in total. The number of aromatic nitrogens is 1. The minimum absolute atomic E-state index is 0.346. The standard InChI is InChI=1S/C15H19BrN2S/c1-3-5-18-15(8-13-7-12(16)10-19-13)14-9-17-6-4-11(14)2/h4,6-7,9-10,15,18H,3,5,8H2,1-2H3. The van der Waals surface area contributed by atoms with Crippen LogP contribution < -0.4 is 5.32 Å². The molecule has 0 saturated carbocycles. The van der Waals surface area contributed by atoms with Gasteiger partial charge in [-0.15, -0.1) is 11.3 Å². The quantitative estimate of drug-likeness (QED) is 0.838. The topological polar surface area (TPSA) is 24.9 Å². The second-order valence-corrected chi connectivity index (χ2v) is 6.59. The Kier molecular flexibility index (Phi) is 5.55. The van der Waals surface area contributed by atoms with Crippen LogP contribution in [0.25, 0.3) is 0 Å². The van der Waals surface area contributed by atoms with Crippen molar-refractivity contribution in [2.45, 2.75) is 32.7 Å². The Morgan fingerprint density at radius 1 is 1.47 bits per heavy atom. The highest BCUT2D eigenvalue weighted by Crippen LogP contribution is 2.26. The first-order valence-electron chi connectivity index (χ1n) is 6.57. The molecule has 0 aliphatic carbocycles. The molecule has 0 spiro atoms. The van der Waals surface area contributed by atoms with Gasteiger partial charge in [0.25, 0.3) is 0 Å². The zero-order valence-corrected chi connectivity index (χ0v) is 13.7. The van der Waals surface area contributed by atoms with Crippen molar-refractivity contribution in [1.29, 1.82) is 0 Å². The maximum atomic E-state index is 4.28. The van der Waals surface area contributed by atoms with Gasteiger partial charge in [0, 0.05) is 39.6 Å². The van der Waals surface area contributed by atoms with Gasteiger partial charge in [-0.05, 0) is 59.1 Å². The molecule has 1 unspecified atom stereocenters. The molecule has 0 aliphatic rings. The van der Waals surface area contributed by atoms with Gasteiger partial charge in [-0.1, -0.05) is 6.92 Å². The van der Waals surface area contributed by atoms with Crippen LogP contribution in [0.1, 0.15) is 35.4 Å². The van der Waals surface area contributed by atoms with Gasteiger partial charge in [0.15, 0.2) is 0 Å². The molecule has 0 radical (unpaired) electrons. The van der Waals surface area contributed by atoms with Crippen molar-refractivity contribution in [2.24, 2.45) is 0 Å². The van der Waals surface area contributed by atoms with Crippen LogP contribution in [0.4, 0.5) is 0 Å². The summed E-state index contributed by atoms with van der Waals surface area (Å²) in [6.07, 6.45) is 6.01. The van der Waals surface area contributed by atoms with Crippen LogP contribution in [0.5, 0.6) is 0 Å². The van der Waals surface area contributed by atoms with Gasteiger partial charge in [-0.25, -0.2) is 0 Å². The highest BCUT2D eigenvalue weighted by Gasteiger charge is 2.15. The Morgan fingerprint density at radius 2 is 2.32 bits per heavy atom.